The third-order valence-electron chi connectivity index (χ3n) is 4.26. The molecule has 5 nitrogen and oxygen atoms in total. The van der Waals surface area contributed by atoms with Crippen molar-refractivity contribution in [2.75, 3.05) is 6.61 Å². The van der Waals surface area contributed by atoms with Gasteiger partial charge in [-0.2, -0.15) is 4.98 Å². The Morgan fingerprint density at radius 1 is 1.22 bits per heavy atom. The smallest absolute Gasteiger partial charge is 0.228 e. The van der Waals surface area contributed by atoms with E-state index in [9.17, 15) is 0 Å². The fraction of sp³-hybridized carbons (Fsp3) is 0.846. The van der Waals surface area contributed by atoms with Crippen molar-refractivity contribution in [2.24, 2.45) is 5.73 Å². The first-order valence-electron chi connectivity index (χ1n) is 6.86. The van der Waals surface area contributed by atoms with E-state index in [1.807, 2.05) is 6.92 Å². The molecule has 0 amide bonds. The summed E-state index contributed by atoms with van der Waals surface area (Å²) in [5, 5.41) is 4.09. The Balaban J connectivity index is 1.72. The molecule has 1 unspecified atom stereocenters. The van der Waals surface area contributed by atoms with Crippen LogP contribution in [0.3, 0.4) is 0 Å². The van der Waals surface area contributed by atoms with Crippen molar-refractivity contribution in [1.82, 2.24) is 10.1 Å². The van der Waals surface area contributed by atoms with E-state index in [4.69, 9.17) is 15.0 Å². The summed E-state index contributed by atoms with van der Waals surface area (Å²) in [6, 6.07) is 0. The van der Waals surface area contributed by atoms with Crippen LogP contribution in [0.15, 0.2) is 4.52 Å². The second kappa shape index (κ2) is 4.31. The molecule has 0 aromatic carbocycles. The molecule has 100 valence electrons. The van der Waals surface area contributed by atoms with Crippen molar-refractivity contribution in [3.05, 3.63) is 11.7 Å². The van der Waals surface area contributed by atoms with Crippen molar-refractivity contribution in [1.29, 1.82) is 0 Å². The molecular formula is C13H21N3O2. The zero-order valence-electron chi connectivity index (χ0n) is 10.9. The molecule has 1 atom stereocenters. The van der Waals surface area contributed by atoms with Gasteiger partial charge >= 0.3 is 0 Å². The van der Waals surface area contributed by atoms with Gasteiger partial charge in [0, 0.05) is 18.6 Å². The standard InChI is InChI=1S/C13H21N3O2/c1-12(5-2-3-8-17-12)11-15-10(18-16-11)9-13(14)6-4-7-13/h2-9,14H2,1H3. The molecule has 1 aromatic rings. The van der Waals surface area contributed by atoms with Crippen molar-refractivity contribution < 1.29 is 9.26 Å². The van der Waals surface area contributed by atoms with Crippen LogP contribution in [0.4, 0.5) is 0 Å². The van der Waals surface area contributed by atoms with Gasteiger partial charge in [0.2, 0.25) is 11.7 Å². The molecular weight excluding hydrogens is 230 g/mol. The number of nitrogens with two attached hydrogens (primary N) is 1. The summed E-state index contributed by atoms with van der Waals surface area (Å²) in [6.07, 6.45) is 7.23. The molecule has 0 radical (unpaired) electrons. The first-order chi connectivity index (χ1) is 8.60. The molecule has 1 saturated heterocycles. The number of hydrogen-bond acceptors (Lipinski definition) is 5. The van der Waals surface area contributed by atoms with Crippen LogP contribution >= 0.6 is 0 Å². The Labute approximate surface area is 107 Å². The van der Waals surface area contributed by atoms with Crippen LogP contribution in [-0.4, -0.2) is 22.3 Å². The average molecular weight is 251 g/mol. The summed E-state index contributed by atoms with van der Waals surface area (Å²) < 4.78 is 11.2. The van der Waals surface area contributed by atoms with Crippen LogP contribution in [-0.2, 0) is 16.8 Å². The second-order valence-corrected chi connectivity index (χ2v) is 5.94. The molecule has 0 spiro atoms. The molecule has 2 aliphatic rings. The maximum atomic E-state index is 6.20. The van der Waals surface area contributed by atoms with Gasteiger partial charge in [-0.3, -0.25) is 0 Å². The van der Waals surface area contributed by atoms with Crippen molar-refractivity contribution in [2.45, 2.75) is 63.0 Å². The molecule has 5 heteroatoms. The van der Waals surface area contributed by atoms with Gasteiger partial charge in [0.25, 0.3) is 0 Å². The second-order valence-electron chi connectivity index (χ2n) is 5.94. The zero-order chi connectivity index (χ0) is 12.6. The Morgan fingerprint density at radius 2 is 2.06 bits per heavy atom. The quantitative estimate of drug-likeness (QED) is 0.888. The van der Waals surface area contributed by atoms with Crippen LogP contribution in [0.1, 0.15) is 57.2 Å². The van der Waals surface area contributed by atoms with Gasteiger partial charge in [0.15, 0.2) is 0 Å². The summed E-state index contributed by atoms with van der Waals surface area (Å²) in [4.78, 5) is 4.49. The fourth-order valence-electron chi connectivity index (χ4n) is 2.76. The van der Waals surface area contributed by atoms with Gasteiger partial charge in [-0.05, 0) is 45.4 Å². The maximum Gasteiger partial charge on any atom is 0.228 e. The maximum absolute atomic E-state index is 6.20. The summed E-state index contributed by atoms with van der Waals surface area (Å²) >= 11 is 0. The van der Waals surface area contributed by atoms with Crippen LogP contribution in [0.25, 0.3) is 0 Å². The topological polar surface area (TPSA) is 74.2 Å². The van der Waals surface area contributed by atoms with Crippen molar-refractivity contribution >= 4 is 0 Å². The Morgan fingerprint density at radius 3 is 2.67 bits per heavy atom. The van der Waals surface area contributed by atoms with E-state index < -0.39 is 0 Å². The SMILES string of the molecule is CC1(c2noc(CC3(N)CCC3)n2)CCCCO1. The lowest BCUT2D eigenvalue weighted by atomic mass is 9.75. The number of nitrogens with zero attached hydrogens (tertiary/aromatic N) is 2. The third kappa shape index (κ3) is 2.17. The van der Waals surface area contributed by atoms with Gasteiger partial charge in [-0.1, -0.05) is 5.16 Å². The normalized spacial score (nSPS) is 31.0. The summed E-state index contributed by atoms with van der Waals surface area (Å²) in [7, 11) is 0. The van der Waals surface area contributed by atoms with E-state index in [-0.39, 0.29) is 11.1 Å². The lowest BCUT2D eigenvalue weighted by Crippen LogP contribution is -2.48. The minimum absolute atomic E-state index is 0.113. The van der Waals surface area contributed by atoms with Gasteiger partial charge in [-0.25, -0.2) is 0 Å². The van der Waals surface area contributed by atoms with Gasteiger partial charge < -0.3 is 15.0 Å². The molecule has 2 fully saturated rings. The van der Waals surface area contributed by atoms with Crippen molar-refractivity contribution in [3.63, 3.8) is 0 Å². The van der Waals surface area contributed by atoms with Crippen LogP contribution in [0, 0.1) is 0 Å². The molecule has 2 heterocycles. The highest BCUT2D eigenvalue weighted by Gasteiger charge is 2.38. The molecule has 1 aliphatic heterocycles. The number of ether oxygens (including phenoxy) is 1. The monoisotopic (exact) mass is 251 g/mol. The van der Waals surface area contributed by atoms with E-state index in [0.29, 0.717) is 18.1 Å². The molecule has 1 aliphatic carbocycles. The van der Waals surface area contributed by atoms with Gasteiger partial charge in [-0.15, -0.1) is 0 Å². The van der Waals surface area contributed by atoms with Gasteiger partial charge in [0.1, 0.15) is 5.60 Å². The minimum atomic E-state index is -0.374. The average Bonchev–Trinajstić information content (AvgIpc) is 2.77. The van der Waals surface area contributed by atoms with Crippen molar-refractivity contribution in [3.8, 4) is 0 Å². The highest BCUT2D eigenvalue weighted by atomic mass is 16.5. The minimum Gasteiger partial charge on any atom is -0.367 e. The molecule has 0 bridgehead atoms. The predicted molar refractivity (Wildman–Crippen MR) is 65.9 cm³/mol. The van der Waals surface area contributed by atoms with Gasteiger partial charge in [0.05, 0.1) is 0 Å². The largest absolute Gasteiger partial charge is 0.367 e. The molecule has 2 N–H and O–H groups in total. The molecule has 1 saturated carbocycles. The van der Waals surface area contributed by atoms with E-state index in [2.05, 4.69) is 10.1 Å². The third-order valence-corrected chi connectivity index (χ3v) is 4.26. The number of rotatable bonds is 3. The lowest BCUT2D eigenvalue weighted by Gasteiger charge is -2.36. The molecule has 1 aromatic heterocycles. The number of hydrogen-bond donors (Lipinski definition) is 1. The van der Waals surface area contributed by atoms with E-state index in [1.165, 1.54) is 6.42 Å². The Bertz CT molecular complexity index is 420. The van der Waals surface area contributed by atoms with Crippen LogP contribution in [0.2, 0.25) is 0 Å². The highest BCUT2D eigenvalue weighted by Crippen LogP contribution is 2.35. The summed E-state index contributed by atoms with van der Waals surface area (Å²) in [5.41, 5.74) is 5.71. The lowest BCUT2D eigenvalue weighted by molar-refractivity contribution is -0.0770. The first-order valence-corrected chi connectivity index (χ1v) is 6.86. The van der Waals surface area contributed by atoms with E-state index in [1.54, 1.807) is 0 Å². The molecule has 18 heavy (non-hydrogen) atoms. The first kappa shape index (κ1) is 12.1. The summed E-state index contributed by atoms with van der Waals surface area (Å²) in [5.74, 6) is 1.34. The summed E-state index contributed by atoms with van der Waals surface area (Å²) in [6.45, 7) is 2.82. The predicted octanol–water partition coefficient (Wildman–Crippen LogP) is 1.91. The van der Waals surface area contributed by atoms with E-state index in [0.717, 1.165) is 38.7 Å². The Kier molecular flexibility index (Phi) is 2.90. The Hall–Kier alpha value is -0.940. The highest BCUT2D eigenvalue weighted by molar-refractivity contribution is 5.05. The van der Waals surface area contributed by atoms with E-state index >= 15 is 0 Å². The fourth-order valence-corrected chi connectivity index (χ4v) is 2.76. The zero-order valence-corrected chi connectivity index (χ0v) is 10.9. The number of aromatic nitrogens is 2. The van der Waals surface area contributed by atoms with Crippen LogP contribution in [0.5, 0.6) is 0 Å². The van der Waals surface area contributed by atoms with Crippen LogP contribution < -0.4 is 5.73 Å². The molecule has 3 rings (SSSR count).